The Bertz CT molecular complexity index is 1620. The van der Waals surface area contributed by atoms with Crippen LogP contribution in [0.15, 0.2) is 109 Å². The topological polar surface area (TPSA) is 87.0 Å². The molecule has 0 amide bonds. The predicted molar refractivity (Wildman–Crippen MR) is 162 cm³/mol. The Kier molecular flexibility index (Phi) is 7.23. The summed E-state index contributed by atoms with van der Waals surface area (Å²) in [5.74, 6) is -1.07. The Morgan fingerprint density at radius 3 is 1.77 bits per heavy atom. The van der Waals surface area contributed by atoms with Crippen LogP contribution in [0.4, 0.5) is 0 Å². The highest BCUT2D eigenvalue weighted by molar-refractivity contribution is 7.00. The van der Waals surface area contributed by atoms with Gasteiger partial charge in [0.05, 0.1) is 6.61 Å². The maximum Gasteiger partial charge on any atom is 0.339 e. The molecule has 0 aliphatic rings. The molecule has 202 valence electrons. The van der Waals surface area contributed by atoms with Crippen LogP contribution in [-0.4, -0.2) is 29.6 Å². The van der Waals surface area contributed by atoms with Gasteiger partial charge in [-0.15, -0.1) is 0 Å². The van der Waals surface area contributed by atoms with E-state index in [-0.39, 0.29) is 22.6 Å². The van der Waals surface area contributed by atoms with Gasteiger partial charge in [0.1, 0.15) is 17.1 Å². The molecule has 0 saturated heterocycles. The van der Waals surface area contributed by atoms with Gasteiger partial charge in [-0.05, 0) is 50.1 Å². The first-order valence-electron chi connectivity index (χ1n) is 13.2. The molecule has 0 heterocycles. The monoisotopic (exact) mass is 548 g/mol. The summed E-state index contributed by atoms with van der Waals surface area (Å²) in [6, 6.07) is 34.2. The Labute approximate surface area is 235 Å². The van der Waals surface area contributed by atoms with Crippen molar-refractivity contribution < 1.29 is 24.5 Å². The lowest BCUT2D eigenvalue weighted by Gasteiger charge is -2.43. The van der Waals surface area contributed by atoms with E-state index in [2.05, 4.69) is 20.8 Å². The van der Waals surface area contributed by atoms with Crippen LogP contribution in [0.3, 0.4) is 0 Å². The molecule has 5 aromatic rings. The zero-order valence-corrected chi connectivity index (χ0v) is 23.8. The molecular weight excluding hydrogens is 516 g/mol. The third kappa shape index (κ3) is 4.55. The molecule has 3 N–H and O–H groups in total. The smallest absolute Gasteiger partial charge is 0.339 e. The van der Waals surface area contributed by atoms with Crippen LogP contribution in [0, 0.1) is 0 Å². The van der Waals surface area contributed by atoms with E-state index in [1.165, 1.54) is 0 Å². The van der Waals surface area contributed by atoms with Gasteiger partial charge < -0.3 is 19.7 Å². The second-order valence-electron chi connectivity index (χ2n) is 10.9. The number of benzene rings is 5. The summed E-state index contributed by atoms with van der Waals surface area (Å²) in [6.45, 7) is 5.85. The van der Waals surface area contributed by atoms with Crippen molar-refractivity contribution in [3.05, 3.63) is 120 Å². The molecule has 0 atom stereocenters. The number of hydrogen-bond acceptors (Lipinski definition) is 4. The van der Waals surface area contributed by atoms with Crippen molar-refractivity contribution in [1.82, 2.24) is 0 Å². The number of rotatable bonds is 7. The summed E-state index contributed by atoms with van der Waals surface area (Å²) >= 11 is 0. The van der Waals surface area contributed by atoms with Crippen molar-refractivity contribution in [3.8, 4) is 22.6 Å². The summed E-state index contributed by atoms with van der Waals surface area (Å²) in [5.41, 5.74) is 1.53. The predicted octanol–water partition coefficient (Wildman–Crippen LogP) is 6.34. The molecule has 5 rings (SSSR count). The van der Waals surface area contributed by atoms with E-state index in [0.29, 0.717) is 16.3 Å². The summed E-state index contributed by atoms with van der Waals surface area (Å²) in [7, 11) is -3.26. The van der Waals surface area contributed by atoms with Crippen LogP contribution in [0.2, 0.25) is 5.04 Å². The Balaban J connectivity index is 1.95. The van der Waals surface area contributed by atoms with Crippen molar-refractivity contribution in [2.75, 3.05) is 0 Å². The van der Waals surface area contributed by atoms with Crippen LogP contribution in [0.25, 0.3) is 21.9 Å². The highest BCUT2D eigenvalue weighted by Crippen LogP contribution is 2.46. The first kappa shape index (κ1) is 27.2. The van der Waals surface area contributed by atoms with E-state index < -0.39 is 25.9 Å². The van der Waals surface area contributed by atoms with Crippen LogP contribution >= 0.6 is 0 Å². The lowest BCUT2D eigenvalue weighted by molar-refractivity contribution is 0.0691. The van der Waals surface area contributed by atoms with Gasteiger partial charge in [-0.3, -0.25) is 0 Å². The van der Waals surface area contributed by atoms with Gasteiger partial charge in [-0.25, -0.2) is 4.79 Å². The summed E-state index contributed by atoms with van der Waals surface area (Å²) < 4.78 is 7.27. The highest BCUT2D eigenvalue weighted by Gasteiger charge is 2.53. The van der Waals surface area contributed by atoms with Crippen LogP contribution in [0.1, 0.15) is 36.7 Å². The van der Waals surface area contributed by atoms with Crippen LogP contribution < -0.4 is 14.8 Å². The molecule has 0 fully saturated rings. The van der Waals surface area contributed by atoms with Crippen LogP contribution in [0.5, 0.6) is 11.5 Å². The summed E-state index contributed by atoms with van der Waals surface area (Å²) in [6.07, 6.45) is 0. The number of phenols is 1. The normalized spacial score (nSPS) is 11.9. The summed E-state index contributed by atoms with van der Waals surface area (Å²) in [5, 5.41) is 34.7. The van der Waals surface area contributed by atoms with Gasteiger partial charge >= 0.3 is 14.3 Å². The number of carbonyl (C=O) groups is 1. The van der Waals surface area contributed by atoms with E-state index in [1.807, 2.05) is 91.0 Å². The molecule has 5 aromatic carbocycles. The second-order valence-corrected chi connectivity index (χ2v) is 15.1. The number of aliphatic hydroxyl groups is 1. The molecule has 40 heavy (non-hydrogen) atoms. The number of phenolic OH excluding ortho intramolecular Hbond substituents is 1. The van der Waals surface area contributed by atoms with Gasteiger partial charge in [0.2, 0.25) is 0 Å². The average molecular weight is 549 g/mol. The average Bonchev–Trinajstić information content (AvgIpc) is 2.95. The van der Waals surface area contributed by atoms with Crippen molar-refractivity contribution in [1.29, 1.82) is 0 Å². The van der Waals surface area contributed by atoms with Crippen molar-refractivity contribution >= 4 is 35.4 Å². The van der Waals surface area contributed by atoms with Crippen LogP contribution in [-0.2, 0) is 6.61 Å². The molecule has 0 saturated carbocycles. The number of aromatic carboxylic acids is 1. The van der Waals surface area contributed by atoms with Gasteiger partial charge in [0.25, 0.3) is 0 Å². The molecule has 0 aliphatic carbocycles. The molecule has 0 radical (unpaired) electrons. The number of fused-ring (bicyclic) bond motifs is 1. The lowest BCUT2D eigenvalue weighted by Crippen LogP contribution is -2.69. The van der Waals surface area contributed by atoms with Gasteiger partial charge in [-0.2, -0.15) is 0 Å². The van der Waals surface area contributed by atoms with E-state index in [1.54, 1.807) is 18.2 Å². The number of aromatic hydroxyl groups is 1. The molecular formula is C34H32O5Si. The summed E-state index contributed by atoms with van der Waals surface area (Å²) in [4.78, 5) is 13.1. The number of hydrogen-bond donors (Lipinski definition) is 3. The third-order valence-corrected chi connectivity index (χ3v) is 12.4. The minimum Gasteiger partial charge on any atom is -0.533 e. The fourth-order valence-corrected chi connectivity index (χ4v) is 10.2. The SMILES string of the molecule is CC(C)(C)[Si](Oc1c(C(=O)O)c(CO)c(-c2ccccc2)c2ccc(O)cc12)(c1ccccc1)c1ccccc1. The van der Waals surface area contributed by atoms with E-state index in [9.17, 15) is 20.1 Å². The zero-order chi connectivity index (χ0) is 28.5. The fourth-order valence-electron chi connectivity index (χ4n) is 5.72. The Morgan fingerprint density at radius 1 is 0.775 bits per heavy atom. The quantitative estimate of drug-likeness (QED) is 0.207. The van der Waals surface area contributed by atoms with Crippen molar-refractivity contribution in [2.24, 2.45) is 0 Å². The maximum absolute atomic E-state index is 13.1. The van der Waals surface area contributed by atoms with Crippen molar-refractivity contribution in [3.63, 3.8) is 0 Å². The van der Waals surface area contributed by atoms with Gasteiger partial charge in [0, 0.05) is 10.9 Å². The van der Waals surface area contributed by atoms with Gasteiger partial charge in [0.15, 0.2) is 0 Å². The molecule has 0 unspecified atom stereocenters. The fraction of sp³-hybridized carbons (Fsp3) is 0.147. The molecule has 5 nitrogen and oxygen atoms in total. The lowest BCUT2D eigenvalue weighted by atomic mass is 9.89. The van der Waals surface area contributed by atoms with Crippen molar-refractivity contribution in [2.45, 2.75) is 32.4 Å². The van der Waals surface area contributed by atoms with E-state index in [4.69, 9.17) is 4.43 Å². The number of aliphatic hydroxyl groups excluding tert-OH is 1. The zero-order valence-electron chi connectivity index (χ0n) is 22.8. The van der Waals surface area contributed by atoms with E-state index >= 15 is 0 Å². The highest BCUT2D eigenvalue weighted by atomic mass is 28.4. The Morgan fingerprint density at radius 2 is 1.30 bits per heavy atom. The minimum absolute atomic E-state index is 0.00750. The van der Waals surface area contributed by atoms with E-state index in [0.717, 1.165) is 15.9 Å². The largest absolute Gasteiger partial charge is 0.533 e. The molecule has 0 spiro atoms. The number of carboxylic acid groups (broad SMARTS) is 1. The second kappa shape index (κ2) is 10.6. The van der Waals surface area contributed by atoms with Gasteiger partial charge in [-0.1, -0.05) is 112 Å². The third-order valence-electron chi connectivity index (χ3n) is 7.45. The standard InChI is InChI=1S/C34H32O5Si/c1-34(2,3)40(25-15-9-5-10-16-25,26-17-11-6-12-18-26)39-32-28-21-24(36)19-20-27(28)30(23-13-7-4-8-14-23)29(22-35)31(32)33(37)38/h4-21,35-36H,22H2,1-3H3,(H,37,38). The molecule has 6 heteroatoms. The number of carboxylic acids is 1. The molecule has 0 bridgehead atoms. The molecule has 0 aliphatic heterocycles. The first-order valence-corrected chi connectivity index (χ1v) is 15.1. The first-order chi connectivity index (χ1) is 19.2. The maximum atomic E-state index is 13.1. The molecule has 0 aromatic heterocycles. The Hall–Kier alpha value is -4.39. The minimum atomic E-state index is -3.26.